The van der Waals surface area contributed by atoms with Gasteiger partial charge in [0.15, 0.2) is 13.2 Å². The monoisotopic (exact) mass is 445 g/mol. The van der Waals surface area contributed by atoms with Gasteiger partial charge in [0.05, 0.1) is 0 Å². The van der Waals surface area contributed by atoms with Crippen molar-refractivity contribution in [2.75, 3.05) is 18.5 Å². The van der Waals surface area contributed by atoms with Crippen molar-refractivity contribution in [1.82, 2.24) is 0 Å². The van der Waals surface area contributed by atoms with Crippen LogP contribution in [-0.2, 0) is 14.3 Å². The SMILES string of the molecule is O=C(COC(=O)COc1ccc(Br)cc1)Nc1ccc(SC(F)F)cc1. The van der Waals surface area contributed by atoms with Crippen molar-refractivity contribution in [3.05, 3.63) is 53.0 Å². The Morgan fingerprint density at radius 2 is 1.69 bits per heavy atom. The number of esters is 1. The van der Waals surface area contributed by atoms with Gasteiger partial charge >= 0.3 is 5.97 Å². The first-order valence-electron chi connectivity index (χ1n) is 7.31. The highest BCUT2D eigenvalue weighted by Gasteiger charge is 2.10. The second kappa shape index (κ2) is 10.1. The average molecular weight is 446 g/mol. The maximum Gasteiger partial charge on any atom is 0.344 e. The summed E-state index contributed by atoms with van der Waals surface area (Å²) in [6.45, 7) is -0.801. The quantitative estimate of drug-likeness (QED) is 0.483. The van der Waals surface area contributed by atoms with Gasteiger partial charge < -0.3 is 14.8 Å². The lowest BCUT2D eigenvalue weighted by Gasteiger charge is -2.08. The van der Waals surface area contributed by atoms with Crippen LogP contribution in [-0.4, -0.2) is 30.8 Å². The predicted molar refractivity (Wildman–Crippen MR) is 97.5 cm³/mol. The van der Waals surface area contributed by atoms with E-state index in [4.69, 9.17) is 9.47 Å². The molecular weight excluding hydrogens is 432 g/mol. The van der Waals surface area contributed by atoms with Crippen molar-refractivity contribution in [3.63, 3.8) is 0 Å². The van der Waals surface area contributed by atoms with E-state index < -0.39 is 24.2 Å². The Bertz CT molecular complexity index is 741. The highest BCUT2D eigenvalue weighted by Crippen LogP contribution is 2.26. The van der Waals surface area contributed by atoms with Crippen LogP contribution in [0.2, 0.25) is 0 Å². The van der Waals surface area contributed by atoms with E-state index in [1.807, 2.05) is 0 Å². The molecule has 0 aliphatic rings. The molecule has 0 bridgehead atoms. The van der Waals surface area contributed by atoms with E-state index in [-0.39, 0.29) is 6.61 Å². The van der Waals surface area contributed by atoms with E-state index >= 15 is 0 Å². The summed E-state index contributed by atoms with van der Waals surface area (Å²) in [6, 6.07) is 12.8. The molecule has 0 aliphatic carbocycles. The van der Waals surface area contributed by atoms with Crippen LogP contribution in [0.5, 0.6) is 5.75 Å². The molecule has 0 saturated carbocycles. The summed E-state index contributed by atoms with van der Waals surface area (Å²) in [6.07, 6.45) is 0. The highest BCUT2D eigenvalue weighted by atomic mass is 79.9. The first-order valence-corrected chi connectivity index (χ1v) is 8.98. The predicted octanol–water partition coefficient (Wildman–Crippen LogP) is 4.32. The van der Waals surface area contributed by atoms with E-state index in [0.717, 1.165) is 4.47 Å². The third-order valence-electron chi connectivity index (χ3n) is 2.90. The van der Waals surface area contributed by atoms with Crippen LogP contribution in [0.15, 0.2) is 57.9 Å². The standard InChI is InChI=1S/C17H14BrF2NO4S/c18-11-1-5-13(6-2-11)24-10-16(23)25-9-15(22)21-12-3-7-14(8-4-12)26-17(19)20/h1-8,17H,9-10H2,(H,21,22). The number of benzene rings is 2. The first-order chi connectivity index (χ1) is 12.4. The molecular formula is C17H14BrF2NO4S. The minimum absolute atomic E-state index is 0.325. The fourth-order valence-electron chi connectivity index (χ4n) is 1.78. The van der Waals surface area contributed by atoms with Crippen LogP contribution in [0.25, 0.3) is 0 Å². The largest absolute Gasteiger partial charge is 0.482 e. The number of hydrogen-bond donors (Lipinski definition) is 1. The fourth-order valence-corrected chi connectivity index (χ4v) is 2.54. The number of ether oxygens (including phenoxy) is 2. The molecule has 0 aromatic heterocycles. The van der Waals surface area contributed by atoms with Gasteiger partial charge in [-0.1, -0.05) is 27.7 Å². The number of halogens is 3. The third-order valence-corrected chi connectivity index (χ3v) is 4.15. The molecule has 9 heteroatoms. The molecule has 138 valence electrons. The van der Waals surface area contributed by atoms with Crippen LogP contribution in [0.3, 0.4) is 0 Å². The highest BCUT2D eigenvalue weighted by molar-refractivity contribution is 9.10. The number of carbonyl (C=O) groups is 2. The van der Waals surface area contributed by atoms with Gasteiger partial charge in [-0.05, 0) is 48.5 Å². The summed E-state index contributed by atoms with van der Waals surface area (Å²) in [5.74, 6) is -3.24. The molecule has 2 rings (SSSR count). The summed E-state index contributed by atoms with van der Waals surface area (Å²) in [5.41, 5.74) is 0.413. The molecule has 0 atom stereocenters. The molecule has 2 aromatic carbocycles. The second-order valence-corrected chi connectivity index (χ2v) is 6.83. The average Bonchev–Trinajstić information content (AvgIpc) is 2.61. The second-order valence-electron chi connectivity index (χ2n) is 4.85. The van der Waals surface area contributed by atoms with Crippen LogP contribution in [0, 0.1) is 0 Å². The Balaban J connectivity index is 1.70. The van der Waals surface area contributed by atoms with E-state index in [1.54, 1.807) is 24.3 Å². The van der Waals surface area contributed by atoms with Gasteiger partial charge in [-0.25, -0.2) is 4.79 Å². The Kier molecular flexibility index (Phi) is 7.86. The van der Waals surface area contributed by atoms with Crippen molar-refractivity contribution in [2.45, 2.75) is 10.7 Å². The lowest BCUT2D eigenvalue weighted by atomic mass is 10.3. The van der Waals surface area contributed by atoms with Crippen LogP contribution >= 0.6 is 27.7 Å². The minimum Gasteiger partial charge on any atom is -0.482 e. The van der Waals surface area contributed by atoms with Crippen LogP contribution in [0.1, 0.15) is 0 Å². The first kappa shape index (κ1) is 20.2. The Hall–Kier alpha value is -2.13. The molecule has 0 radical (unpaired) electrons. The molecule has 0 heterocycles. The maximum absolute atomic E-state index is 12.2. The smallest absolute Gasteiger partial charge is 0.344 e. The van der Waals surface area contributed by atoms with Gasteiger partial charge in [0.25, 0.3) is 11.7 Å². The summed E-state index contributed by atoms with van der Waals surface area (Å²) >= 11 is 3.69. The molecule has 0 fully saturated rings. The van der Waals surface area contributed by atoms with Gasteiger partial charge in [0, 0.05) is 15.1 Å². The number of rotatable bonds is 8. The normalized spacial score (nSPS) is 10.5. The fraction of sp³-hybridized carbons (Fsp3) is 0.176. The summed E-state index contributed by atoms with van der Waals surface area (Å²) in [7, 11) is 0. The molecule has 5 nitrogen and oxygen atoms in total. The van der Waals surface area contributed by atoms with E-state index in [1.165, 1.54) is 24.3 Å². The van der Waals surface area contributed by atoms with Gasteiger partial charge in [0.2, 0.25) is 0 Å². The zero-order valence-corrected chi connectivity index (χ0v) is 15.7. The van der Waals surface area contributed by atoms with E-state index in [9.17, 15) is 18.4 Å². The third kappa shape index (κ3) is 7.40. The minimum atomic E-state index is -2.51. The molecule has 2 aromatic rings. The number of amides is 1. The van der Waals surface area contributed by atoms with E-state index in [2.05, 4.69) is 21.2 Å². The molecule has 0 saturated heterocycles. The van der Waals surface area contributed by atoms with Crippen molar-refractivity contribution in [2.24, 2.45) is 0 Å². The van der Waals surface area contributed by atoms with Gasteiger partial charge in [-0.15, -0.1) is 0 Å². The zero-order chi connectivity index (χ0) is 18.9. The molecule has 1 N–H and O–H groups in total. The Labute approximate surface area is 161 Å². The number of nitrogens with one attached hydrogen (secondary N) is 1. The topological polar surface area (TPSA) is 64.6 Å². The lowest BCUT2D eigenvalue weighted by Crippen LogP contribution is -2.23. The number of carbonyl (C=O) groups excluding carboxylic acids is 2. The summed E-state index contributed by atoms with van der Waals surface area (Å²) < 4.78 is 35.4. The lowest BCUT2D eigenvalue weighted by molar-refractivity contribution is -0.149. The van der Waals surface area contributed by atoms with Crippen LogP contribution < -0.4 is 10.1 Å². The molecule has 0 aliphatic heterocycles. The molecule has 1 amide bonds. The zero-order valence-electron chi connectivity index (χ0n) is 13.3. The number of anilines is 1. The Morgan fingerprint density at radius 1 is 1.04 bits per heavy atom. The van der Waals surface area contributed by atoms with Crippen molar-refractivity contribution in [1.29, 1.82) is 0 Å². The number of thioether (sulfide) groups is 1. The number of hydrogen-bond acceptors (Lipinski definition) is 5. The van der Waals surface area contributed by atoms with Crippen molar-refractivity contribution >= 4 is 45.3 Å². The molecule has 0 unspecified atom stereocenters. The van der Waals surface area contributed by atoms with Gasteiger partial charge in [-0.3, -0.25) is 4.79 Å². The van der Waals surface area contributed by atoms with Gasteiger partial charge in [-0.2, -0.15) is 8.78 Å². The molecule has 0 spiro atoms. The Morgan fingerprint density at radius 3 is 2.31 bits per heavy atom. The molecule has 26 heavy (non-hydrogen) atoms. The van der Waals surface area contributed by atoms with Crippen LogP contribution in [0.4, 0.5) is 14.5 Å². The maximum atomic E-state index is 12.2. The van der Waals surface area contributed by atoms with Crippen molar-refractivity contribution in [3.8, 4) is 5.75 Å². The van der Waals surface area contributed by atoms with Crippen molar-refractivity contribution < 1.29 is 27.8 Å². The van der Waals surface area contributed by atoms with E-state index in [0.29, 0.717) is 28.1 Å². The summed E-state index contributed by atoms with van der Waals surface area (Å²) in [5, 5.41) is 2.50. The number of alkyl halides is 2. The summed E-state index contributed by atoms with van der Waals surface area (Å²) in [4.78, 5) is 23.7. The van der Waals surface area contributed by atoms with Gasteiger partial charge in [0.1, 0.15) is 5.75 Å².